The summed E-state index contributed by atoms with van der Waals surface area (Å²) in [6.45, 7) is 2.04. The van der Waals surface area contributed by atoms with E-state index in [0.29, 0.717) is 0 Å². The third-order valence-electron chi connectivity index (χ3n) is 3.91. The lowest BCUT2D eigenvalue weighted by atomic mass is 9.93. The summed E-state index contributed by atoms with van der Waals surface area (Å²) >= 11 is 0. The summed E-state index contributed by atoms with van der Waals surface area (Å²) < 4.78 is 0. The normalized spacial score (nSPS) is 10.6. The molecule has 0 saturated heterocycles. The highest BCUT2D eigenvalue weighted by Crippen LogP contribution is 2.33. The predicted molar refractivity (Wildman–Crippen MR) is 95.3 cm³/mol. The molecule has 3 rings (SSSR count). The first-order valence-corrected chi connectivity index (χ1v) is 7.16. The Balaban J connectivity index is 2.14. The molecule has 3 aromatic carbocycles. The van der Waals surface area contributed by atoms with E-state index in [2.05, 4.69) is 6.07 Å². The second-order valence-electron chi connectivity index (χ2n) is 5.48. The van der Waals surface area contributed by atoms with Crippen LogP contribution in [0.4, 0.5) is 17.1 Å². The molecule has 0 amide bonds. The van der Waals surface area contributed by atoms with Crippen molar-refractivity contribution in [3.63, 3.8) is 0 Å². The summed E-state index contributed by atoms with van der Waals surface area (Å²) in [6.07, 6.45) is 0. The van der Waals surface area contributed by atoms with Crippen LogP contribution < -0.4 is 17.2 Å². The van der Waals surface area contributed by atoms with Gasteiger partial charge in [-0.1, -0.05) is 24.3 Å². The molecule has 22 heavy (non-hydrogen) atoms. The fourth-order valence-corrected chi connectivity index (χ4v) is 2.54. The second-order valence-corrected chi connectivity index (χ2v) is 5.48. The molecule has 110 valence electrons. The number of nitrogens with two attached hydrogens (primary N) is 3. The Kier molecular flexibility index (Phi) is 3.47. The molecule has 0 radical (unpaired) electrons. The van der Waals surface area contributed by atoms with Crippen molar-refractivity contribution >= 4 is 17.1 Å². The molecule has 0 heterocycles. The number of rotatable bonds is 2. The molecule has 6 N–H and O–H groups in total. The van der Waals surface area contributed by atoms with Crippen molar-refractivity contribution < 1.29 is 0 Å². The molecule has 0 aliphatic carbocycles. The fraction of sp³-hybridized carbons (Fsp3) is 0.0526. The van der Waals surface area contributed by atoms with Gasteiger partial charge < -0.3 is 17.2 Å². The van der Waals surface area contributed by atoms with E-state index in [9.17, 15) is 0 Å². The largest absolute Gasteiger partial charge is 0.399 e. The van der Waals surface area contributed by atoms with Crippen LogP contribution in [-0.4, -0.2) is 0 Å². The Morgan fingerprint density at radius 2 is 1.09 bits per heavy atom. The molecule has 0 unspecified atom stereocenters. The van der Waals surface area contributed by atoms with Gasteiger partial charge in [-0.25, -0.2) is 0 Å². The zero-order chi connectivity index (χ0) is 15.7. The summed E-state index contributed by atoms with van der Waals surface area (Å²) in [5.74, 6) is 0. The van der Waals surface area contributed by atoms with Crippen molar-refractivity contribution in [1.82, 2.24) is 0 Å². The summed E-state index contributed by atoms with van der Waals surface area (Å²) in [5.41, 5.74) is 25.5. The smallest absolute Gasteiger partial charge is 0.0356 e. The first-order chi connectivity index (χ1) is 10.5. The lowest BCUT2D eigenvalue weighted by Crippen LogP contribution is -1.95. The van der Waals surface area contributed by atoms with Gasteiger partial charge in [0, 0.05) is 17.1 Å². The third kappa shape index (κ3) is 2.61. The van der Waals surface area contributed by atoms with Crippen molar-refractivity contribution in [3.8, 4) is 22.3 Å². The van der Waals surface area contributed by atoms with Gasteiger partial charge in [-0.15, -0.1) is 0 Å². The van der Waals surface area contributed by atoms with E-state index in [1.165, 1.54) is 0 Å². The third-order valence-corrected chi connectivity index (χ3v) is 3.91. The van der Waals surface area contributed by atoms with E-state index >= 15 is 0 Å². The van der Waals surface area contributed by atoms with Crippen molar-refractivity contribution in [2.45, 2.75) is 6.92 Å². The molecular formula is C19H19N3. The van der Waals surface area contributed by atoms with E-state index in [1.807, 2.05) is 61.5 Å². The molecule has 0 bridgehead atoms. The van der Waals surface area contributed by atoms with Crippen LogP contribution in [-0.2, 0) is 0 Å². The number of hydrogen-bond donors (Lipinski definition) is 3. The summed E-state index contributed by atoms with van der Waals surface area (Å²) in [6, 6.07) is 19.8. The highest BCUT2D eigenvalue weighted by atomic mass is 14.6. The van der Waals surface area contributed by atoms with Gasteiger partial charge in [0.2, 0.25) is 0 Å². The number of hydrogen-bond acceptors (Lipinski definition) is 3. The Labute approximate surface area is 130 Å². The van der Waals surface area contributed by atoms with Crippen LogP contribution in [0.1, 0.15) is 5.56 Å². The Hall–Kier alpha value is -2.94. The van der Waals surface area contributed by atoms with Crippen molar-refractivity contribution in [2.75, 3.05) is 17.2 Å². The predicted octanol–water partition coefficient (Wildman–Crippen LogP) is 4.08. The topological polar surface area (TPSA) is 78.1 Å². The van der Waals surface area contributed by atoms with Crippen LogP contribution in [0, 0.1) is 6.92 Å². The Morgan fingerprint density at radius 1 is 0.591 bits per heavy atom. The minimum Gasteiger partial charge on any atom is -0.399 e. The molecule has 0 atom stereocenters. The van der Waals surface area contributed by atoms with Gasteiger partial charge in [0.1, 0.15) is 0 Å². The van der Waals surface area contributed by atoms with Gasteiger partial charge >= 0.3 is 0 Å². The van der Waals surface area contributed by atoms with Crippen LogP contribution in [0.3, 0.4) is 0 Å². The van der Waals surface area contributed by atoms with Crippen LogP contribution in [0.25, 0.3) is 22.3 Å². The molecule has 0 aliphatic rings. The molecule has 0 saturated carbocycles. The molecule has 0 spiro atoms. The van der Waals surface area contributed by atoms with Gasteiger partial charge in [0.05, 0.1) is 0 Å². The standard InChI is InChI=1S/C19H19N3/c1-12-18(14-4-8-17(21)9-5-14)10-15(11-19(12)22)13-2-6-16(20)7-3-13/h2-11H,20-22H2,1H3. The average Bonchev–Trinajstić information content (AvgIpc) is 2.52. The average molecular weight is 289 g/mol. The Morgan fingerprint density at radius 3 is 1.64 bits per heavy atom. The fourth-order valence-electron chi connectivity index (χ4n) is 2.54. The van der Waals surface area contributed by atoms with E-state index in [1.54, 1.807) is 0 Å². The molecule has 0 aromatic heterocycles. The van der Waals surface area contributed by atoms with E-state index in [-0.39, 0.29) is 0 Å². The Bertz CT molecular complexity index is 803. The summed E-state index contributed by atoms with van der Waals surface area (Å²) in [7, 11) is 0. The van der Waals surface area contributed by atoms with Crippen LogP contribution in [0.2, 0.25) is 0 Å². The first kappa shape index (κ1) is 14.0. The van der Waals surface area contributed by atoms with Crippen LogP contribution in [0.15, 0.2) is 60.7 Å². The van der Waals surface area contributed by atoms with Gasteiger partial charge in [-0.2, -0.15) is 0 Å². The first-order valence-electron chi connectivity index (χ1n) is 7.16. The molecule has 3 nitrogen and oxygen atoms in total. The molecule has 3 aromatic rings. The number of anilines is 3. The maximum atomic E-state index is 6.21. The lowest BCUT2D eigenvalue weighted by molar-refractivity contribution is 1.45. The van der Waals surface area contributed by atoms with Gasteiger partial charge in [0.25, 0.3) is 0 Å². The minimum absolute atomic E-state index is 0.752. The lowest BCUT2D eigenvalue weighted by Gasteiger charge is -2.13. The zero-order valence-electron chi connectivity index (χ0n) is 12.5. The highest BCUT2D eigenvalue weighted by Gasteiger charge is 2.09. The SMILES string of the molecule is Cc1c(N)cc(-c2ccc(N)cc2)cc1-c1ccc(N)cc1. The summed E-state index contributed by atoms with van der Waals surface area (Å²) in [4.78, 5) is 0. The molecule has 0 aliphatic heterocycles. The minimum atomic E-state index is 0.752. The second kappa shape index (κ2) is 5.45. The van der Waals surface area contributed by atoms with Crippen molar-refractivity contribution in [2.24, 2.45) is 0 Å². The van der Waals surface area contributed by atoms with E-state index < -0.39 is 0 Å². The van der Waals surface area contributed by atoms with Crippen LogP contribution in [0.5, 0.6) is 0 Å². The van der Waals surface area contributed by atoms with Crippen molar-refractivity contribution in [3.05, 3.63) is 66.2 Å². The molecule has 0 fully saturated rings. The van der Waals surface area contributed by atoms with E-state index in [4.69, 9.17) is 17.2 Å². The quantitative estimate of drug-likeness (QED) is 0.622. The van der Waals surface area contributed by atoms with Gasteiger partial charge in [0.15, 0.2) is 0 Å². The maximum absolute atomic E-state index is 6.21. The zero-order valence-corrected chi connectivity index (χ0v) is 12.5. The number of nitrogen functional groups attached to an aromatic ring is 3. The highest BCUT2D eigenvalue weighted by molar-refractivity contribution is 5.81. The van der Waals surface area contributed by atoms with E-state index in [0.717, 1.165) is 44.9 Å². The van der Waals surface area contributed by atoms with Crippen molar-refractivity contribution in [1.29, 1.82) is 0 Å². The molecular weight excluding hydrogens is 270 g/mol. The van der Waals surface area contributed by atoms with Gasteiger partial charge in [-0.3, -0.25) is 0 Å². The number of benzene rings is 3. The van der Waals surface area contributed by atoms with Gasteiger partial charge in [-0.05, 0) is 71.1 Å². The van der Waals surface area contributed by atoms with Crippen LogP contribution >= 0.6 is 0 Å². The summed E-state index contributed by atoms with van der Waals surface area (Å²) in [5, 5.41) is 0. The maximum Gasteiger partial charge on any atom is 0.0356 e. The monoisotopic (exact) mass is 289 g/mol. The molecule has 3 heteroatoms.